The number of hydrogen-bond donors (Lipinski definition) is 0. The van der Waals surface area contributed by atoms with Gasteiger partial charge in [-0.25, -0.2) is 8.78 Å². The van der Waals surface area contributed by atoms with Crippen LogP contribution in [0.4, 0.5) is 8.78 Å². The fraction of sp³-hybridized carbons (Fsp3) is 0.400. The molecule has 1 saturated carbocycles. The molecule has 0 nitrogen and oxygen atoms in total. The lowest BCUT2D eigenvalue weighted by atomic mass is 9.76. The van der Waals surface area contributed by atoms with Crippen LogP contribution in [0.5, 0.6) is 0 Å². The average molecular weight is 166 g/mol. The first kappa shape index (κ1) is 6.58. The summed E-state index contributed by atoms with van der Waals surface area (Å²) in [5.41, 5.74) is -1.53. The van der Waals surface area contributed by atoms with E-state index in [0.717, 1.165) is 0 Å². The quantitative estimate of drug-likeness (QED) is 0.556. The van der Waals surface area contributed by atoms with Crippen molar-refractivity contribution in [3.63, 3.8) is 0 Å². The lowest BCUT2D eigenvalue weighted by molar-refractivity contribution is -0.0666. The van der Waals surface area contributed by atoms with Gasteiger partial charge in [0.2, 0.25) is 0 Å². The van der Waals surface area contributed by atoms with Gasteiger partial charge in [-0.15, -0.1) is 0 Å². The van der Waals surface area contributed by atoms with Crippen LogP contribution in [0.25, 0.3) is 0 Å². The smallest absolute Gasteiger partial charge is 0.143 e. The first-order valence-corrected chi connectivity index (χ1v) is 4.12. The van der Waals surface area contributed by atoms with Crippen LogP contribution >= 0.6 is 0 Å². The largest absolute Gasteiger partial charge is 0.238 e. The van der Waals surface area contributed by atoms with Gasteiger partial charge in [-0.05, 0) is 11.1 Å². The summed E-state index contributed by atoms with van der Waals surface area (Å²) >= 11 is 0. The van der Waals surface area contributed by atoms with Crippen molar-refractivity contribution in [1.82, 2.24) is 0 Å². The molecule has 0 aliphatic heterocycles. The number of alkyl halides is 2. The minimum atomic E-state index is -1.34. The van der Waals surface area contributed by atoms with Crippen LogP contribution in [0.15, 0.2) is 24.3 Å². The van der Waals surface area contributed by atoms with Crippen LogP contribution in [-0.4, -0.2) is 0 Å². The molecule has 0 atom stereocenters. The third-order valence-electron chi connectivity index (χ3n) is 3.01. The number of hydrogen-bond acceptors (Lipinski definition) is 0. The highest BCUT2D eigenvalue weighted by atomic mass is 19.2. The Hall–Kier alpha value is -0.920. The zero-order valence-electron chi connectivity index (χ0n) is 6.48. The Balaban J connectivity index is 2.31. The lowest BCUT2D eigenvalue weighted by Crippen LogP contribution is -2.37. The highest BCUT2D eigenvalue weighted by Gasteiger charge is 2.66. The van der Waals surface area contributed by atoms with Crippen LogP contribution in [-0.2, 0) is 11.3 Å². The van der Waals surface area contributed by atoms with Crippen LogP contribution in [0.1, 0.15) is 24.0 Å². The Morgan fingerprint density at radius 1 is 0.917 bits per heavy atom. The minimum Gasteiger partial charge on any atom is -0.238 e. The molecule has 0 radical (unpaired) electrons. The van der Waals surface area contributed by atoms with Gasteiger partial charge in [-0.2, -0.15) is 0 Å². The van der Waals surface area contributed by atoms with E-state index in [9.17, 15) is 8.78 Å². The van der Waals surface area contributed by atoms with E-state index in [-0.39, 0.29) is 12.8 Å². The summed E-state index contributed by atoms with van der Waals surface area (Å²) in [6.45, 7) is 0. The molecule has 0 heterocycles. The molecule has 3 aliphatic carbocycles. The molecule has 1 aromatic carbocycles. The van der Waals surface area contributed by atoms with Crippen molar-refractivity contribution in [2.24, 2.45) is 0 Å². The van der Waals surface area contributed by atoms with Gasteiger partial charge in [0, 0.05) is 12.8 Å². The van der Waals surface area contributed by atoms with E-state index in [0.29, 0.717) is 11.1 Å². The van der Waals surface area contributed by atoms with E-state index in [1.54, 1.807) is 24.3 Å². The van der Waals surface area contributed by atoms with Gasteiger partial charge in [0.15, 0.2) is 0 Å². The maximum absolute atomic E-state index is 13.7. The number of halogens is 2. The first-order chi connectivity index (χ1) is 5.64. The zero-order valence-corrected chi connectivity index (χ0v) is 6.48. The first-order valence-electron chi connectivity index (χ1n) is 4.12. The average Bonchev–Trinajstić information content (AvgIpc) is 2.34. The fourth-order valence-electron chi connectivity index (χ4n) is 2.48. The molecular weight excluding hydrogens is 158 g/mol. The monoisotopic (exact) mass is 166 g/mol. The predicted molar refractivity (Wildman–Crippen MR) is 41.2 cm³/mol. The summed E-state index contributed by atoms with van der Waals surface area (Å²) in [6.07, 6.45) is 0.0820. The summed E-state index contributed by atoms with van der Waals surface area (Å²) in [7, 11) is 0. The summed E-state index contributed by atoms with van der Waals surface area (Å²) in [4.78, 5) is 0. The topological polar surface area (TPSA) is 0 Å². The van der Waals surface area contributed by atoms with Gasteiger partial charge in [0.25, 0.3) is 0 Å². The van der Waals surface area contributed by atoms with Crippen molar-refractivity contribution in [2.45, 2.75) is 24.2 Å². The van der Waals surface area contributed by atoms with Crippen LogP contribution in [0, 0.1) is 0 Å². The molecule has 62 valence electrons. The van der Waals surface area contributed by atoms with Gasteiger partial charge in [0.05, 0.1) is 0 Å². The predicted octanol–water partition coefficient (Wildman–Crippen LogP) is 2.82. The van der Waals surface area contributed by atoms with Gasteiger partial charge in [0.1, 0.15) is 11.3 Å². The van der Waals surface area contributed by atoms with Crippen LogP contribution < -0.4 is 0 Å². The van der Waals surface area contributed by atoms with Crippen molar-refractivity contribution in [2.75, 3.05) is 0 Å². The normalized spacial score (nSPS) is 42.2. The molecule has 1 fully saturated rings. The molecule has 1 aromatic rings. The number of rotatable bonds is 0. The third-order valence-corrected chi connectivity index (χ3v) is 3.01. The SMILES string of the molecule is FC12CC(F)(C1)c1ccccc12. The summed E-state index contributed by atoms with van der Waals surface area (Å²) in [6, 6.07) is 6.93. The Bertz CT molecular complexity index is 318. The zero-order chi connectivity index (χ0) is 8.40. The summed E-state index contributed by atoms with van der Waals surface area (Å²) < 4.78 is 27.4. The second-order valence-electron chi connectivity index (χ2n) is 3.83. The molecule has 0 amide bonds. The van der Waals surface area contributed by atoms with E-state index in [1.165, 1.54) is 0 Å². The van der Waals surface area contributed by atoms with E-state index >= 15 is 0 Å². The maximum Gasteiger partial charge on any atom is 0.143 e. The number of benzene rings is 1. The lowest BCUT2D eigenvalue weighted by Gasteiger charge is -2.36. The molecule has 2 heteroatoms. The molecule has 0 unspecified atom stereocenters. The van der Waals surface area contributed by atoms with E-state index < -0.39 is 11.3 Å². The van der Waals surface area contributed by atoms with E-state index in [4.69, 9.17) is 0 Å². The highest BCUT2D eigenvalue weighted by Crippen LogP contribution is 2.67. The standard InChI is InChI=1S/C10H8F2/c11-9-5-10(12,6-9)8-4-2-1-3-7(8)9/h1-4H,5-6H2. The maximum atomic E-state index is 13.7. The highest BCUT2D eigenvalue weighted by molar-refractivity contribution is 5.49. The van der Waals surface area contributed by atoms with Gasteiger partial charge in [-0.1, -0.05) is 24.3 Å². The van der Waals surface area contributed by atoms with Crippen LogP contribution in [0.2, 0.25) is 0 Å². The molecule has 0 aromatic heterocycles. The van der Waals surface area contributed by atoms with Crippen molar-refractivity contribution >= 4 is 0 Å². The molecule has 4 rings (SSSR count). The second-order valence-corrected chi connectivity index (χ2v) is 3.83. The molecular formula is C10H8F2. The van der Waals surface area contributed by atoms with E-state index in [1.807, 2.05) is 0 Å². The Morgan fingerprint density at radius 2 is 1.33 bits per heavy atom. The van der Waals surface area contributed by atoms with E-state index in [2.05, 4.69) is 0 Å². The summed E-state index contributed by atoms with van der Waals surface area (Å²) in [5, 5.41) is 0. The molecule has 0 spiro atoms. The van der Waals surface area contributed by atoms with Crippen molar-refractivity contribution in [3.8, 4) is 0 Å². The Morgan fingerprint density at radius 3 is 1.75 bits per heavy atom. The van der Waals surface area contributed by atoms with Crippen molar-refractivity contribution < 1.29 is 8.78 Å². The van der Waals surface area contributed by atoms with Crippen molar-refractivity contribution in [1.29, 1.82) is 0 Å². The Labute approximate surface area is 69.2 Å². The third kappa shape index (κ3) is 0.510. The molecule has 0 saturated heterocycles. The van der Waals surface area contributed by atoms with Gasteiger partial charge in [-0.3, -0.25) is 0 Å². The fourth-order valence-corrected chi connectivity index (χ4v) is 2.48. The second kappa shape index (κ2) is 1.56. The Kier molecular flexibility index (Phi) is 0.856. The molecule has 3 aliphatic rings. The molecule has 0 N–H and O–H groups in total. The molecule has 2 bridgehead atoms. The van der Waals surface area contributed by atoms with Gasteiger partial charge >= 0.3 is 0 Å². The molecule has 12 heavy (non-hydrogen) atoms. The van der Waals surface area contributed by atoms with Gasteiger partial charge < -0.3 is 0 Å². The van der Waals surface area contributed by atoms with Crippen LogP contribution in [0.3, 0.4) is 0 Å². The summed E-state index contributed by atoms with van der Waals surface area (Å²) in [5.74, 6) is 0. The van der Waals surface area contributed by atoms with Crippen molar-refractivity contribution in [3.05, 3.63) is 35.4 Å². The minimum absolute atomic E-state index is 0.0410.